The maximum absolute atomic E-state index is 5.60. The summed E-state index contributed by atoms with van der Waals surface area (Å²) in [5.74, 6) is 0. The van der Waals surface area contributed by atoms with Gasteiger partial charge in [0, 0.05) is 6.04 Å². The monoisotopic (exact) mass is 139 g/mol. The van der Waals surface area contributed by atoms with Gasteiger partial charge in [-0.1, -0.05) is 0 Å². The molecule has 0 aliphatic carbocycles. The highest BCUT2D eigenvalue weighted by molar-refractivity contribution is 5.39. The van der Waals surface area contributed by atoms with Crippen molar-refractivity contribution in [1.29, 1.82) is 0 Å². The molecule has 2 N–H and O–H groups in total. The first-order chi connectivity index (χ1) is 4.63. The molecule has 0 saturated heterocycles. The first-order valence-electron chi connectivity index (χ1n) is 3.42. The van der Waals surface area contributed by atoms with Crippen molar-refractivity contribution in [3.8, 4) is 0 Å². The molecule has 0 aliphatic rings. The Morgan fingerprint density at radius 1 is 1.60 bits per heavy atom. The molecular formula is C7H13N3. The number of anilines is 1. The van der Waals surface area contributed by atoms with Gasteiger partial charge >= 0.3 is 0 Å². The minimum Gasteiger partial charge on any atom is -0.396 e. The minimum atomic E-state index is 0.400. The Kier molecular flexibility index (Phi) is 1.66. The molecule has 56 valence electrons. The third kappa shape index (κ3) is 0.988. The molecule has 10 heavy (non-hydrogen) atoms. The summed E-state index contributed by atoms with van der Waals surface area (Å²) in [4.78, 5) is 0. The van der Waals surface area contributed by atoms with Crippen LogP contribution in [0, 0.1) is 6.92 Å². The van der Waals surface area contributed by atoms with Crippen LogP contribution in [0.1, 0.15) is 25.6 Å². The molecule has 0 atom stereocenters. The zero-order valence-electron chi connectivity index (χ0n) is 6.63. The van der Waals surface area contributed by atoms with E-state index < -0.39 is 0 Å². The van der Waals surface area contributed by atoms with Gasteiger partial charge in [0.05, 0.1) is 17.6 Å². The van der Waals surface area contributed by atoms with Crippen molar-refractivity contribution in [3.05, 3.63) is 11.9 Å². The Bertz CT molecular complexity index is 225. The van der Waals surface area contributed by atoms with E-state index in [2.05, 4.69) is 18.9 Å². The first kappa shape index (κ1) is 7.12. The van der Waals surface area contributed by atoms with Crippen molar-refractivity contribution < 1.29 is 0 Å². The molecule has 0 fully saturated rings. The summed E-state index contributed by atoms with van der Waals surface area (Å²) in [6.07, 6.45) is 1.69. The second-order valence-electron chi connectivity index (χ2n) is 2.72. The highest BCUT2D eigenvalue weighted by Gasteiger charge is 2.04. The van der Waals surface area contributed by atoms with Gasteiger partial charge in [-0.2, -0.15) is 5.10 Å². The molecule has 0 saturated carbocycles. The standard InChI is InChI=1S/C7H13N3/c1-5(2)10-6(3)7(8)4-9-10/h4-5H,8H2,1-3H3. The van der Waals surface area contributed by atoms with Crippen molar-refractivity contribution in [1.82, 2.24) is 9.78 Å². The highest BCUT2D eigenvalue weighted by Crippen LogP contribution is 2.13. The summed E-state index contributed by atoms with van der Waals surface area (Å²) in [6.45, 7) is 6.14. The lowest BCUT2D eigenvalue weighted by atomic mass is 10.3. The molecule has 0 radical (unpaired) electrons. The number of nitrogens with zero attached hydrogens (tertiary/aromatic N) is 2. The van der Waals surface area contributed by atoms with Crippen LogP contribution in [0.3, 0.4) is 0 Å². The topological polar surface area (TPSA) is 43.8 Å². The second-order valence-corrected chi connectivity index (χ2v) is 2.72. The summed E-state index contributed by atoms with van der Waals surface area (Å²) in [7, 11) is 0. The van der Waals surface area contributed by atoms with Crippen molar-refractivity contribution in [2.24, 2.45) is 0 Å². The number of hydrogen-bond acceptors (Lipinski definition) is 2. The predicted octanol–water partition coefficient (Wildman–Crippen LogP) is 1.35. The van der Waals surface area contributed by atoms with Crippen LogP contribution in [0.5, 0.6) is 0 Å². The zero-order chi connectivity index (χ0) is 7.72. The third-order valence-corrected chi connectivity index (χ3v) is 1.57. The van der Waals surface area contributed by atoms with E-state index in [1.807, 2.05) is 11.6 Å². The van der Waals surface area contributed by atoms with E-state index in [1.165, 1.54) is 0 Å². The number of nitrogens with two attached hydrogens (primary N) is 1. The highest BCUT2D eigenvalue weighted by atomic mass is 15.3. The van der Waals surface area contributed by atoms with Gasteiger partial charge in [0.2, 0.25) is 0 Å². The lowest BCUT2D eigenvalue weighted by Crippen LogP contribution is -2.04. The molecule has 0 spiro atoms. The van der Waals surface area contributed by atoms with E-state index in [4.69, 9.17) is 5.73 Å². The summed E-state index contributed by atoms with van der Waals surface area (Å²) < 4.78 is 1.91. The first-order valence-corrected chi connectivity index (χ1v) is 3.42. The quantitative estimate of drug-likeness (QED) is 0.638. The van der Waals surface area contributed by atoms with Gasteiger partial charge in [-0.25, -0.2) is 0 Å². The maximum atomic E-state index is 5.60. The Hall–Kier alpha value is -0.990. The smallest absolute Gasteiger partial charge is 0.0730 e. The van der Waals surface area contributed by atoms with Gasteiger partial charge in [0.15, 0.2) is 0 Å². The fourth-order valence-corrected chi connectivity index (χ4v) is 0.957. The van der Waals surface area contributed by atoms with Gasteiger partial charge in [-0.15, -0.1) is 0 Å². The van der Waals surface area contributed by atoms with Gasteiger partial charge in [0.25, 0.3) is 0 Å². The maximum Gasteiger partial charge on any atom is 0.0730 e. The van der Waals surface area contributed by atoms with Crippen LogP contribution in [0.15, 0.2) is 6.20 Å². The Labute approximate surface area is 60.8 Å². The number of nitrogen functional groups attached to an aromatic ring is 1. The van der Waals surface area contributed by atoms with E-state index >= 15 is 0 Å². The molecule has 0 aliphatic heterocycles. The summed E-state index contributed by atoms with van der Waals surface area (Å²) in [5.41, 5.74) is 7.42. The molecule has 1 aromatic heterocycles. The van der Waals surface area contributed by atoms with E-state index in [-0.39, 0.29) is 0 Å². The molecule has 0 amide bonds. The average Bonchev–Trinajstić information content (AvgIpc) is 2.14. The van der Waals surface area contributed by atoms with Crippen molar-refractivity contribution >= 4 is 5.69 Å². The summed E-state index contributed by atoms with van der Waals surface area (Å²) in [5, 5.41) is 4.11. The van der Waals surface area contributed by atoms with Crippen LogP contribution in [0.25, 0.3) is 0 Å². The normalized spacial score (nSPS) is 10.8. The number of aromatic nitrogens is 2. The van der Waals surface area contributed by atoms with Crippen molar-refractivity contribution in [2.45, 2.75) is 26.8 Å². The Morgan fingerprint density at radius 3 is 2.40 bits per heavy atom. The molecule has 0 unspecified atom stereocenters. The fourth-order valence-electron chi connectivity index (χ4n) is 0.957. The van der Waals surface area contributed by atoms with E-state index in [1.54, 1.807) is 6.20 Å². The van der Waals surface area contributed by atoms with E-state index in [9.17, 15) is 0 Å². The lowest BCUT2D eigenvalue weighted by molar-refractivity contribution is 0.519. The van der Waals surface area contributed by atoms with E-state index in [0.29, 0.717) is 6.04 Å². The van der Waals surface area contributed by atoms with Crippen molar-refractivity contribution in [2.75, 3.05) is 5.73 Å². The van der Waals surface area contributed by atoms with Gasteiger partial charge in [-0.3, -0.25) is 4.68 Å². The molecule has 3 heteroatoms. The SMILES string of the molecule is Cc1c(N)cnn1C(C)C. The predicted molar refractivity (Wildman–Crippen MR) is 41.8 cm³/mol. The fraction of sp³-hybridized carbons (Fsp3) is 0.571. The number of rotatable bonds is 1. The third-order valence-electron chi connectivity index (χ3n) is 1.57. The second kappa shape index (κ2) is 2.33. The largest absolute Gasteiger partial charge is 0.396 e. The van der Waals surface area contributed by atoms with E-state index in [0.717, 1.165) is 11.4 Å². The molecule has 0 bridgehead atoms. The molecule has 1 aromatic rings. The summed E-state index contributed by atoms with van der Waals surface area (Å²) in [6, 6.07) is 0.400. The van der Waals surface area contributed by atoms with Crippen LogP contribution >= 0.6 is 0 Å². The van der Waals surface area contributed by atoms with Gasteiger partial charge in [0.1, 0.15) is 0 Å². The molecule has 0 aromatic carbocycles. The van der Waals surface area contributed by atoms with Crippen LogP contribution < -0.4 is 5.73 Å². The van der Waals surface area contributed by atoms with Gasteiger partial charge < -0.3 is 5.73 Å². The number of hydrogen-bond donors (Lipinski definition) is 1. The Morgan fingerprint density at radius 2 is 2.20 bits per heavy atom. The molecule has 1 heterocycles. The van der Waals surface area contributed by atoms with Gasteiger partial charge in [-0.05, 0) is 20.8 Å². The minimum absolute atomic E-state index is 0.400. The van der Waals surface area contributed by atoms with Crippen LogP contribution in [-0.2, 0) is 0 Å². The van der Waals surface area contributed by atoms with Crippen LogP contribution in [0.2, 0.25) is 0 Å². The van der Waals surface area contributed by atoms with Crippen molar-refractivity contribution in [3.63, 3.8) is 0 Å². The lowest BCUT2D eigenvalue weighted by Gasteiger charge is -2.06. The Balaban J connectivity index is 3.05. The summed E-state index contributed by atoms with van der Waals surface area (Å²) >= 11 is 0. The molecular weight excluding hydrogens is 126 g/mol. The molecule has 1 rings (SSSR count). The van der Waals surface area contributed by atoms with Crippen LogP contribution in [0.4, 0.5) is 5.69 Å². The zero-order valence-corrected chi connectivity index (χ0v) is 6.63. The average molecular weight is 139 g/mol. The molecule has 3 nitrogen and oxygen atoms in total. The van der Waals surface area contributed by atoms with Crippen LogP contribution in [-0.4, -0.2) is 9.78 Å².